The number of carbonyl (C=O) groups is 6. The maximum absolute atomic E-state index is 15.1. The van der Waals surface area contributed by atoms with E-state index in [9.17, 15) is 63.9 Å². The number of rotatable bonds is 84. The summed E-state index contributed by atoms with van der Waals surface area (Å²) in [5.74, 6) is -4.55. The molecule has 2 aliphatic rings. The number of hydrogen-bond acceptors (Lipinski definition) is 20. The third-order valence-electron chi connectivity index (χ3n) is 24.1. The predicted octanol–water partition coefficient (Wildman–Crippen LogP) is 21.3. The van der Waals surface area contributed by atoms with Gasteiger partial charge in [0.1, 0.15) is 48.7 Å². The molecule has 2 fully saturated rings. The quantitative estimate of drug-likeness (QED) is 0.0118. The SMILES string of the molecule is CCCCCCCCCCCCCC(=O)O[C@H](CCCCCCCCCCC)CC(=O)N[C@H]1[C@H](OC[C@H]2OC(O)[C@H](NC(=O)C[C@H](O)CCCCCCCCCCC)[C@@H](OC(=O)C[C@H](O)CCCCCCCCCCC)[C@@H]2O)O[C@H](CO)[C@@H](OP(=O)(O)O)[C@@H]1OC(=O)C[C@@H](CCCCCCCCCCC)OC(=O)CCCCCCCCCCCCC. The van der Waals surface area contributed by atoms with Gasteiger partial charge in [-0.1, -0.05) is 388 Å². The zero-order valence-electron chi connectivity index (χ0n) is 77.3. The Morgan fingerprint density at radius 2 is 0.653 bits per heavy atom. The van der Waals surface area contributed by atoms with E-state index in [1.807, 2.05) is 0 Å². The molecule has 24 nitrogen and oxygen atoms in total. The van der Waals surface area contributed by atoms with Crippen LogP contribution in [0.4, 0.5) is 0 Å². The van der Waals surface area contributed by atoms with Crippen LogP contribution in [0.2, 0.25) is 0 Å². The largest absolute Gasteiger partial charge is 0.470 e. The smallest absolute Gasteiger partial charge is 0.462 e. The van der Waals surface area contributed by atoms with Crippen molar-refractivity contribution >= 4 is 43.5 Å². The lowest BCUT2D eigenvalue weighted by atomic mass is 9.95. The molecule has 2 heterocycles. The van der Waals surface area contributed by atoms with Crippen LogP contribution in [-0.4, -0.2) is 170 Å². The van der Waals surface area contributed by atoms with Crippen molar-refractivity contribution in [1.29, 1.82) is 0 Å². The molecule has 14 atom stereocenters. The Balaban J connectivity index is 2.73. The third-order valence-corrected chi connectivity index (χ3v) is 24.6. The number of esters is 4. The first-order valence-corrected chi connectivity index (χ1v) is 51.5. The molecule has 0 aromatic carbocycles. The van der Waals surface area contributed by atoms with Crippen LogP contribution < -0.4 is 10.6 Å². The molecule has 25 heteroatoms. The van der Waals surface area contributed by atoms with E-state index in [4.69, 9.17) is 37.7 Å². The summed E-state index contributed by atoms with van der Waals surface area (Å²) in [6, 6.07) is -3.47. The standard InChI is InChI=1S/C96H181N2O22P/c1-7-13-19-25-31-37-39-45-51-57-63-69-85(104)114-79(67-61-55-49-43-35-29-23-17-11-5)73-84(103)98-90-94(119-88(107)74-80(68-62-56-50-44-36-30-24-18-12-6)115-86(105)70-64-58-52-46-40-38-32-26-20-14-8-2)92(120-121(110,111)112)81(75-99)117-96(90)113-76-82-91(108)93(118-87(106)72-78(101)66-60-54-48-42-34-28-22-16-10-4)89(95(109)116-82)97-83(102)71-77(100)65-59-53-47-41-33-27-21-15-9-3/h77-82,89-96,99-101,108-109H,7-76H2,1-6H3,(H,97,102)(H,98,103)(H2,110,111,112)/t77-,78-,79-,80-,81-,82-,89-,90-,91-,92-,93-,94-,95?,96-/m1/s1. The molecule has 0 spiro atoms. The van der Waals surface area contributed by atoms with Crippen LogP contribution >= 0.6 is 7.82 Å². The first-order valence-electron chi connectivity index (χ1n) is 50.0. The lowest BCUT2D eigenvalue weighted by Gasteiger charge is -2.46. The summed E-state index contributed by atoms with van der Waals surface area (Å²) in [7, 11) is -5.62. The number of hydrogen-bond donors (Lipinski definition) is 9. The summed E-state index contributed by atoms with van der Waals surface area (Å²) in [6.07, 6.45) is 40.7. The summed E-state index contributed by atoms with van der Waals surface area (Å²) in [4.78, 5) is 107. The molecule has 0 saturated carbocycles. The molecule has 2 aliphatic heterocycles. The Bertz CT molecular complexity index is 2550. The van der Waals surface area contributed by atoms with Gasteiger partial charge >= 0.3 is 31.7 Å². The van der Waals surface area contributed by atoms with Gasteiger partial charge in [0.05, 0.1) is 51.1 Å². The Morgan fingerprint density at radius 1 is 0.347 bits per heavy atom. The molecule has 2 saturated heterocycles. The molecular weight excluding hydrogens is 1560 g/mol. The second-order valence-corrected chi connectivity index (χ2v) is 36.8. The van der Waals surface area contributed by atoms with Gasteiger partial charge in [0.2, 0.25) is 11.8 Å². The van der Waals surface area contributed by atoms with E-state index < -0.39 is 168 Å². The van der Waals surface area contributed by atoms with Gasteiger partial charge in [0, 0.05) is 12.8 Å². The number of phosphoric acid groups is 1. The van der Waals surface area contributed by atoms with Crippen LogP contribution in [0, 0.1) is 0 Å². The monoisotopic (exact) mass is 1750 g/mol. The Kier molecular flexibility index (Phi) is 72.0. The van der Waals surface area contributed by atoms with Gasteiger partial charge in [-0.05, 0) is 51.4 Å². The van der Waals surface area contributed by atoms with Crippen molar-refractivity contribution in [3.8, 4) is 0 Å². The van der Waals surface area contributed by atoms with Crippen molar-refractivity contribution in [2.24, 2.45) is 0 Å². The minimum absolute atomic E-state index is 0.111. The van der Waals surface area contributed by atoms with E-state index in [0.29, 0.717) is 51.4 Å². The summed E-state index contributed by atoms with van der Waals surface area (Å²) in [5, 5.41) is 63.3. The maximum Gasteiger partial charge on any atom is 0.470 e. The number of ether oxygens (including phenoxy) is 7. The minimum Gasteiger partial charge on any atom is -0.462 e. The number of aliphatic hydroxyl groups excluding tert-OH is 5. The molecule has 0 aromatic heterocycles. The van der Waals surface area contributed by atoms with Gasteiger partial charge in [-0.2, -0.15) is 0 Å². The van der Waals surface area contributed by atoms with E-state index in [0.717, 1.165) is 199 Å². The molecule has 1 unspecified atom stereocenters. The second-order valence-electron chi connectivity index (χ2n) is 35.7. The van der Waals surface area contributed by atoms with E-state index >= 15 is 4.79 Å². The van der Waals surface area contributed by atoms with Crippen LogP contribution in [0.15, 0.2) is 0 Å². The molecule has 121 heavy (non-hydrogen) atoms. The molecule has 0 aliphatic carbocycles. The summed E-state index contributed by atoms with van der Waals surface area (Å²) >= 11 is 0. The van der Waals surface area contributed by atoms with Gasteiger partial charge in [0.15, 0.2) is 24.8 Å². The summed E-state index contributed by atoms with van der Waals surface area (Å²) in [6.45, 7) is 11.3. The van der Waals surface area contributed by atoms with E-state index in [1.165, 1.54) is 135 Å². The first-order chi connectivity index (χ1) is 58.6. The van der Waals surface area contributed by atoms with Gasteiger partial charge in [-0.3, -0.25) is 33.3 Å². The average molecular weight is 1750 g/mol. The number of amides is 2. The fraction of sp³-hybridized carbons (Fsp3) is 0.938. The van der Waals surface area contributed by atoms with Crippen molar-refractivity contribution in [3.05, 3.63) is 0 Å². The van der Waals surface area contributed by atoms with Crippen molar-refractivity contribution in [1.82, 2.24) is 10.6 Å². The van der Waals surface area contributed by atoms with Crippen LogP contribution in [0.3, 0.4) is 0 Å². The van der Waals surface area contributed by atoms with E-state index in [2.05, 4.69) is 52.2 Å². The van der Waals surface area contributed by atoms with Gasteiger partial charge in [-0.25, -0.2) is 4.57 Å². The van der Waals surface area contributed by atoms with Crippen molar-refractivity contribution < 1.29 is 106 Å². The van der Waals surface area contributed by atoms with Crippen LogP contribution in [0.5, 0.6) is 0 Å². The Morgan fingerprint density at radius 3 is 1.02 bits per heavy atom. The first kappa shape index (κ1) is 114. The summed E-state index contributed by atoms with van der Waals surface area (Å²) < 4.78 is 61.9. The molecule has 0 bridgehead atoms. The number of phosphoric ester groups is 1. The zero-order chi connectivity index (χ0) is 88.6. The molecule has 0 aromatic rings. The van der Waals surface area contributed by atoms with Crippen LogP contribution in [0.25, 0.3) is 0 Å². The number of unbranched alkanes of at least 4 members (excludes halogenated alkanes) is 52. The highest BCUT2D eigenvalue weighted by Gasteiger charge is 2.54. The topological polar surface area (TPSA) is 359 Å². The maximum atomic E-state index is 15.1. The fourth-order valence-corrected chi connectivity index (χ4v) is 17.3. The van der Waals surface area contributed by atoms with Crippen molar-refractivity contribution in [3.63, 3.8) is 0 Å². The van der Waals surface area contributed by atoms with Crippen molar-refractivity contribution in [2.75, 3.05) is 13.2 Å². The minimum atomic E-state index is -5.62. The lowest BCUT2D eigenvalue weighted by molar-refractivity contribution is -0.298. The molecule has 9 N–H and O–H groups in total. The fourth-order valence-electron chi connectivity index (χ4n) is 16.7. The van der Waals surface area contributed by atoms with Gasteiger partial charge < -0.3 is 79.1 Å². The van der Waals surface area contributed by atoms with Crippen molar-refractivity contribution in [2.45, 2.75) is 564 Å². The Labute approximate surface area is 733 Å². The number of aliphatic hydroxyl groups is 5. The zero-order valence-corrected chi connectivity index (χ0v) is 78.2. The van der Waals surface area contributed by atoms with Gasteiger partial charge in [0.25, 0.3) is 0 Å². The highest BCUT2D eigenvalue weighted by Crippen LogP contribution is 2.43. The van der Waals surface area contributed by atoms with Crippen LogP contribution in [-0.2, 0) is 71.0 Å². The van der Waals surface area contributed by atoms with E-state index in [-0.39, 0.29) is 25.7 Å². The normalized spacial score (nSPS) is 20.4. The molecule has 2 rings (SSSR count). The number of nitrogens with one attached hydrogen (secondary N) is 2. The van der Waals surface area contributed by atoms with Gasteiger partial charge in [-0.15, -0.1) is 0 Å². The molecule has 2 amide bonds. The molecule has 0 radical (unpaired) electrons. The third kappa shape index (κ3) is 60.9. The second kappa shape index (κ2) is 76.6. The Hall–Kier alpha value is -3.39. The number of carbonyl (C=O) groups excluding carboxylic acids is 6. The van der Waals surface area contributed by atoms with Crippen LogP contribution in [0.1, 0.15) is 478 Å². The predicted molar refractivity (Wildman–Crippen MR) is 479 cm³/mol. The highest BCUT2D eigenvalue weighted by molar-refractivity contribution is 7.46. The molecule has 712 valence electrons. The summed E-state index contributed by atoms with van der Waals surface area (Å²) in [5.41, 5.74) is 0. The average Bonchev–Trinajstić information content (AvgIpc) is 0.777. The van der Waals surface area contributed by atoms with E-state index in [1.54, 1.807) is 0 Å². The lowest BCUT2D eigenvalue weighted by Crippen LogP contribution is -2.68. The highest BCUT2D eigenvalue weighted by atomic mass is 31.2. The molecular formula is C96H181N2O22P.